The first kappa shape index (κ1) is 9.71. The number of benzene rings is 1. The van der Waals surface area contributed by atoms with Crippen molar-refractivity contribution < 1.29 is 4.39 Å². The Labute approximate surface area is 87.4 Å². The Morgan fingerprint density at radius 2 is 2.14 bits per heavy atom. The lowest BCUT2D eigenvalue weighted by atomic mass is 10.1. The summed E-state index contributed by atoms with van der Waals surface area (Å²) in [5, 5.41) is 1.17. The first-order valence-electron chi connectivity index (χ1n) is 4.76. The molecule has 1 aromatic carbocycles. The maximum absolute atomic E-state index is 13.2. The van der Waals surface area contributed by atoms with E-state index in [1.54, 1.807) is 17.8 Å². The van der Waals surface area contributed by atoms with Crippen LogP contribution in [0.4, 0.5) is 4.39 Å². The molecule has 0 aliphatic carbocycles. The Morgan fingerprint density at radius 1 is 1.29 bits per heavy atom. The van der Waals surface area contributed by atoms with E-state index >= 15 is 0 Å². The standard InChI is InChI=1S/C11H12FNS/c12-10-4-2-1-3-9(10)5-6-11-13-7-8-14-11/h1-4H,5-8H2. The monoisotopic (exact) mass is 209 g/mol. The molecule has 0 fully saturated rings. The van der Waals surface area contributed by atoms with E-state index in [0.29, 0.717) is 0 Å². The Kier molecular flexibility index (Phi) is 3.19. The average molecular weight is 209 g/mol. The highest BCUT2D eigenvalue weighted by atomic mass is 32.2. The first-order chi connectivity index (χ1) is 6.86. The molecule has 1 aliphatic heterocycles. The molecule has 0 saturated carbocycles. The molecule has 0 N–H and O–H groups in total. The predicted octanol–water partition coefficient (Wildman–Crippen LogP) is 2.90. The summed E-state index contributed by atoms with van der Waals surface area (Å²) in [5.41, 5.74) is 0.794. The third-order valence-electron chi connectivity index (χ3n) is 2.21. The van der Waals surface area contributed by atoms with Gasteiger partial charge in [0.25, 0.3) is 0 Å². The molecule has 0 atom stereocenters. The van der Waals surface area contributed by atoms with Gasteiger partial charge < -0.3 is 0 Å². The summed E-state index contributed by atoms with van der Waals surface area (Å²) in [5.74, 6) is 0.989. The summed E-state index contributed by atoms with van der Waals surface area (Å²) < 4.78 is 13.2. The lowest BCUT2D eigenvalue weighted by molar-refractivity contribution is 0.610. The van der Waals surface area contributed by atoms with Crippen LogP contribution in [-0.4, -0.2) is 17.3 Å². The third kappa shape index (κ3) is 2.35. The van der Waals surface area contributed by atoms with E-state index in [4.69, 9.17) is 0 Å². The van der Waals surface area contributed by atoms with E-state index in [-0.39, 0.29) is 5.82 Å². The number of thioether (sulfide) groups is 1. The van der Waals surface area contributed by atoms with Crippen LogP contribution in [0.3, 0.4) is 0 Å². The van der Waals surface area contributed by atoms with Crippen LogP contribution in [0, 0.1) is 5.82 Å². The Morgan fingerprint density at radius 3 is 2.86 bits per heavy atom. The highest BCUT2D eigenvalue weighted by Gasteiger charge is 2.08. The predicted molar refractivity (Wildman–Crippen MR) is 59.5 cm³/mol. The van der Waals surface area contributed by atoms with Gasteiger partial charge in [0.15, 0.2) is 0 Å². The lowest BCUT2D eigenvalue weighted by Gasteiger charge is -2.01. The van der Waals surface area contributed by atoms with Crippen LogP contribution in [-0.2, 0) is 6.42 Å². The van der Waals surface area contributed by atoms with E-state index in [0.717, 1.165) is 30.7 Å². The summed E-state index contributed by atoms with van der Waals surface area (Å²) in [6, 6.07) is 6.96. The van der Waals surface area contributed by atoms with Crippen molar-refractivity contribution in [3.8, 4) is 0 Å². The maximum atomic E-state index is 13.2. The van der Waals surface area contributed by atoms with Gasteiger partial charge in [0.2, 0.25) is 0 Å². The quantitative estimate of drug-likeness (QED) is 0.745. The van der Waals surface area contributed by atoms with Gasteiger partial charge in [-0.1, -0.05) is 18.2 Å². The minimum absolute atomic E-state index is 0.101. The number of aliphatic imine (C=N–C) groups is 1. The highest BCUT2D eigenvalue weighted by molar-refractivity contribution is 8.14. The third-order valence-corrected chi connectivity index (χ3v) is 3.27. The van der Waals surface area contributed by atoms with E-state index < -0.39 is 0 Å². The van der Waals surface area contributed by atoms with Crippen molar-refractivity contribution in [3.63, 3.8) is 0 Å². The zero-order valence-electron chi connectivity index (χ0n) is 7.87. The Bertz CT molecular complexity index is 349. The van der Waals surface area contributed by atoms with Crippen LogP contribution in [0.1, 0.15) is 12.0 Å². The molecule has 1 nitrogen and oxygen atoms in total. The molecular formula is C11H12FNS. The summed E-state index contributed by atoms with van der Waals surface area (Å²) in [7, 11) is 0. The number of hydrogen-bond acceptors (Lipinski definition) is 2. The van der Waals surface area contributed by atoms with Crippen LogP contribution >= 0.6 is 11.8 Å². The number of hydrogen-bond donors (Lipinski definition) is 0. The van der Waals surface area contributed by atoms with Gasteiger partial charge in [-0.3, -0.25) is 4.99 Å². The zero-order valence-corrected chi connectivity index (χ0v) is 8.69. The second-order valence-electron chi connectivity index (χ2n) is 3.22. The fourth-order valence-electron chi connectivity index (χ4n) is 1.47. The summed E-state index contributed by atoms with van der Waals surface area (Å²) in [6.45, 7) is 0.928. The zero-order chi connectivity index (χ0) is 9.80. The smallest absolute Gasteiger partial charge is 0.126 e. The molecule has 0 aromatic heterocycles. The van der Waals surface area contributed by atoms with E-state index in [9.17, 15) is 4.39 Å². The summed E-state index contributed by atoms with van der Waals surface area (Å²) in [4.78, 5) is 4.34. The molecule has 0 radical (unpaired) electrons. The molecule has 0 amide bonds. The van der Waals surface area contributed by atoms with Gasteiger partial charge in [-0.05, 0) is 24.5 Å². The molecule has 0 spiro atoms. The van der Waals surface area contributed by atoms with Gasteiger partial charge >= 0.3 is 0 Å². The van der Waals surface area contributed by atoms with Crippen molar-refractivity contribution in [2.24, 2.45) is 4.99 Å². The van der Waals surface area contributed by atoms with Gasteiger partial charge in [-0.15, -0.1) is 11.8 Å². The maximum Gasteiger partial charge on any atom is 0.126 e. The Balaban J connectivity index is 1.94. The SMILES string of the molecule is Fc1ccccc1CCC1=NCCS1. The van der Waals surface area contributed by atoms with Gasteiger partial charge in [-0.25, -0.2) is 4.39 Å². The molecular weight excluding hydrogens is 197 g/mol. The Hall–Kier alpha value is -0.830. The second-order valence-corrected chi connectivity index (χ2v) is 4.38. The fourth-order valence-corrected chi connectivity index (χ4v) is 2.32. The molecule has 0 unspecified atom stereocenters. The van der Waals surface area contributed by atoms with Crippen LogP contribution in [0.15, 0.2) is 29.3 Å². The van der Waals surface area contributed by atoms with Crippen molar-refractivity contribution in [1.29, 1.82) is 0 Å². The summed E-state index contributed by atoms with van der Waals surface area (Å²) in [6.07, 6.45) is 1.64. The van der Waals surface area contributed by atoms with E-state index in [2.05, 4.69) is 4.99 Å². The van der Waals surface area contributed by atoms with Crippen molar-refractivity contribution >= 4 is 16.8 Å². The van der Waals surface area contributed by atoms with Gasteiger partial charge in [0, 0.05) is 12.3 Å². The molecule has 1 aromatic rings. The molecule has 1 heterocycles. The topological polar surface area (TPSA) is 12.4 Å². The van der Waals surface area contributed by atoms with E-state index in [1.807, 2.05) is 12.1 Å². The lowest BCUT2D eigenvalue weighted by Crippen LogP contribution is -1.95. The minimum Gasteiger partial charge on any atom is -0.282 e. The molecule has 0 bridgehead atoms. The van der Waals surface area contributed by atoms with Crippen LogP contribution < -0.4 is 0 Å². The normalized spacial score (nSPS) is 15.6. The number of nitrogens with zero attached hydrogens (tertiary/aromatic N) is 1. The van der Waals surface area contributed by atoms with Crippen molar-refractivity contribution in [2.75, 3.05) is 12.3 Å². The molecule has 0 saturated heterocycles. The second kappa shape index (κ2) is 4.60. The van der Waals surface area contributed by atoms with Gasteiger partial charge in [0.05, 0.1) is 5.04 Å². The molecule has 1 aliphatic rings. The number of rotatable bonds is 3. The van der Waals surface area contributed by atoms with Gasteiger partial charge in [-0.2, -0.15) is 0 Å². The number of aryl methyl sites for hydroxylation is 1. The fraction of sp³-hybridized carbons (Fsp3) is 0.364. The molecule has 2 rings (SSSR count). The van der Waals surface area contributed by atoms with Crippen LogP contribution in [0.2, 0.25) is 0 Å². The average Bonchev–Trinajstić information content (AvgIpc) is 2.69. The van der Waals surface area contributed by atoms with Crippen molar-refractivity contribution in [1.82, 2.24) is 0 Å². The van der Waals surface area contributed by atoms with Gasteiger partial charge in [0.1, 0.15) is 5.82 Å². The first-order valence-corrected chi connectivity index (χ1v) is 5.74. The molecule has 14 heavy (non-hydrogen) atoms. The van der Waals surface area contributed by atoms with Crippen molar-refractivity contribution in [2.45, 2.75) is 12.8 Å². The van der Waals surface area contributed by atoms with E-state index in [1.165, 1.54) is 11.1 Å². The summed E-state index contributed by atoms with van der Waals surface area (Å²) >= 11 is 1.80. The molecule has 3 heteroatoms. The van der Waals surface area contributed by atoms with Crippen LogP contribution in [0.5, 0.6) is 0 Å². The molecule has 74 valence electrons. The van der Waals surface area contributed by atoms with Crippen LogP contribution in [0.25, 0.3) is 0 Å². The highest BCUT2D eigenvalue weighted by Crippen LogP contribution is 2.17. The van der Waals surface area contributed by atoms with Crippen molar-refractivity contribution in [3.05, 3.63) is 35.6 Å². The number of halogens is 1. The minimum atomic E-state index is -0.101. The largest absolute Gasteiger partial charge is 0.282 e.